The molecule has 1 aromatic carbocycles. The fraction of sp³-hybridized carbons (Fsp3) is 0.526. The zero-order valence-corrected chi connectivity index (χ0v) is 14.3. The molecule has 1 aromatic rings. The van der Waals surface area contributed by atoms with Gasteiger partial charge in [-0.05, 0) is 49.7 Å². The first-order chi connectivity index (χ1) is 12.1. The highest BCUT2D eigenvalue weighted by Gasteiger charge is 2.53. The van der Waals surface area contributed by atoms with Gasteiger partial charge < -0.3 is 10.2 Å². The molecule has 132 valence electrons. The Hall–Kier alpha value is -2.37. The molecular formula is C19H23N3O3. The van der Waals surface area contributed by atoms with Gasteiger partial charge in [-0.15, -0.1) is 0 Å². The Kier molecular flexibility index (Phi) is 3.98. The number of carbonyl (C=O) groups is 3. The predicted molar refractivity (Wildman–Crippen MR) is 91.7 cm³/mol. The molecule has 2 saturated heterocycles. The normalized spacial score (nSPS) is 25.9. The third-order valence-corrected chi connectivity index (χ3v) is 5.65. The van der Waals surface area contributed by atoms with E-state index in [1.165, 1.54) is 0 Å². The van der Waals surface area contributed by atoms with E-state index in [-0.39, 0.29) is 18.4 Å². The van der Waals surface area contributed by atoms with Gasteiger partial charge in [0.05, 0.1) is 0 Å². The van der Waals surface area contributed by atoms with Gasteiger partial charge in [0, 0.05) is 13.1 Å². The van der Waals surface area contributed by atoms with Crippen LogP contribution in [0.3, 0.4) is 0 Å². The zero-order valence-electron chi connectivity index (χ0n) is 14.3. The number of amides is 4. The summed E-state index contributed by atoms with van der Waals surface area (Å²) in [5, 5.41) is 2.93. The summed E-state index contributed by atoms with van der Waals surface area (Å²) in [5.74, 6) is -0.417. The van der Waals surface area contributed by atoms with Crippen LogP contribution in [-0.4, -0.2) is 47.3 Å². The van der Waals surface area contributed by atoms with Gasteiger partial charge in [0.15, 0.2) is 0 Å². The van der Waals surface area contributed by atoms with E-state index in [0.29, 0.717) is 6.42 Å². The minimum atomic E-state index is -1.00. The Labute approximate surface area is 147 Å². The number of carbonyl (C=O) groups excluding carboxylic acids is 3. The molecule has 3 aliphatic rings. The molecule has 1 aliphatic carbocycles. The molecule has 0 saturated carbocycles. The van der Waals surface area contributed by atoms with Crippen LogP contribution < -0.4 is 5.32 Å². The van der Waals surface area contributed by atoms with Crippen LogP contribution in [-0.2, 0) is 21.5 Å². The predicted octanol–water partition coefficient (Wildman–Crippen LogP) is 1.78. The van der Waals surface area contributed by atoms with Crippen molar-refractivity contribution in [2.24, 2.45) is 0 Å². The van der Waals surface area contributed by atoms with Gasteiger partial charge in [0.2, 0.25) is 5.91 Å². The number of hydrogen-bond donors (Lipinski definition) is 1. The maximum absolute atomic E-state index is 13.2. The van der Waals surface area contributed by atoms with E-state index in [1.54, 1.807) is 4.90 Å². The van der Waals surface area contributed by atoms with Gasteiger partial charge in [-0.2, -0.15) is 0 Å². The largest absolute Gasteiger partial charge is 0.341 e. The number of likely N-dealkylation sites (tertiary alicyclic amines) is 1. The average molecular weight is 341 g/mol. The molecule has 1 atom stereocenters. The van der Waals surface area contributed by atoms with Gasteiger partial charge in [-0.3, -0.25) is 14.5 Å². The van der Waals surface area contributed by atoms with Crippen molar-refractivity contribution in [2.45, 2.75) is 44.1 Å². The lowest BCUT2D eigenvalue weighted by atomic mass is 9.84. The number of benzene rings is 1. The average Bonchev–Trinajstić information content (AvgIpc) is 3.18. The highest BCUT2D eigenvalue weighted by Crippen LogP contribution is 2.38. The Morgan fingerprint density at radius 1 is 1.08 bits per heavy atom. The SMILES string of the molecule is O=C(CN1C(=O)NC2(CCCCc3ccccc32)C1=O)N1CCCC1. The molecule has 4 rings (SSSR count). The summed E-state index contributed by atoms with van der Waals surface area (Å²) in [4.78, 5) is 41.1. The molecule has 0 aromatic heterocycles. The van der Waals surface area contributed by atoms with Crippen LogP contribution >= 0.6 is 0 Å². The molecular weight excluding hydrogens is 318 g/mol. The summed E-state index contributed by atoms with van der Waals surface area (Å²) >= 11 is 0. The lowest BCUT2D eigenvalue weighted by Gasteiger charge is -2.27. The van der Waals surface area contributed by atoms with Gasteiger partial charge in [-0.1, -0.05) is 24.3 Å². The van der Waals surface area contributed by atoms with Crippen LogP contribution in [0.2, 0.25) is 0 Å². The Morgan fingerprint density at radius 2 is 1.84 bits per heavy atom. The minimum Gasteiger partial charge on any atom is -0.341 e. The summed E-state index contributed by atoms with van der Waals surface area (Å²) in [5.41, 5.74) is 0.999. The first-order valence-corrected chi connectivity index (χ1v) is 9.12. The quantitative estimate of drug-likeness (QED) is 0.834. The summed E-state index contributed by atoms with van der Waals surface area (Å²) in [6.07, 6.45) is 5.34. The van der Waals surface area contributed by atoms with Gasteiger partial charge in [0.1, 0.15) is 12.1 Å². The van der Waals surface area contributed by atoms with Gasteiger partial charge >= 0.3 is 6.03 Å². The molecule has 2 heterocycles. The van der Waals surface area contributed by atoms with Crippen LogP contribution in [0.5, 0.6) is 0 Å². The second-order valence-electron chi connectivity index (χ2n) is 7.18. The highest BCUT2D eigenvalue weighted by molar-refractivity contribution is 6.09. The smallest absolute Gasteiger partial charge is 0.325 e. The van der Waals surface area contributed by atoms with E-state index in [9.17, 15) is 14.4 Å². The monoisotopic (exact) mass is 341 g/mol. The van der Waals surface area contributed by atoms with E-state index in [4.69, 9.17) is 0 Å². The first-order valence-electron chi connectivity index (χ1n) is 9.12. The number of hydrogen-bond acceptors (Lipinski definition) is 3. The lowest BCUT2D eigenvalue weighted by molar-refractivity contribution is -0.138. The Balaban J connectivity index is 1.63. The molecule has 2 fully saturated rings. The number of urea groups is 1. The van der Waals surface area contributed by atoms with Crippen LogP contribution in [0.25, 0.3) is 0 Å². The Bertz CT molecular complexity index is 726. The molecule has 1 spiro atoms. The summed E-state index contributed by atoms with van der Waals surface area (Å²) in [7, 11) is 0. The van der Waals surface area contributed by atoms with E-state index in [1.807, 2.05) is 24.3 Å². The van der Waals surface area contributed by atoms with Crippen molar-refractivity contribution in [3.05, 3.63) is 35.4 Å². The van der Waals surface area contributed by atoms with E-state index < -0.39 is 11.6 Å². The van der Waals surface area contributed by atoms with Crippen LogP contribution in [0.15, 0.2) is 24.3 Å². The van der Waals surface area contributed by atoms with Gasteiger partial charge in [-0.25, -0.2) is 4.79 Å². The molecule has 6 nitrogen and oxygen atoms in total. The van der Waals surface area contributed by atoms with Crippen molar-refractivity contribution in [3.63, 3.8) is 0 Å². The second-order valence-corrected chi connectivity index (χ2v) is 7.18. The van der Waals surface area contributed by atoms with Crippen molar-refractivity contribution in [1.29, 1.82) is 0 Å². The van der Waals surface area contributed by atoms with Crippen LogP contribution in [0.1, 0.15) is 43.2 Å². The Morgan fingerprint density at radius 3 is 2.64 bits per heavy atom. The number of rotatable bonds is 2. The molecule has 2 aliphatic heterocycles. The van der Waals surface area contributed by atoms with Crippen molar-refractivity contribution in [2.75, 3.05) is 19.6 Å². The highest BCUT2D eigenvalue weighted by atomic mass is 16.2. The number of aryl methyl sites for hydroxylation is 1. The number of imide groups is 1. The fourth-order valence-electron chi connectivity index (χ4n) is 4.32. The van der Waals surface area contributed by atoms with E-state index in [2.05, 4.69) is 5.32 Å². The van der Waals surface area contributed by atoms with Crippen molar-refractivity contribution < 1.29 is 14.4 Å². The zero-order chi connectivity index (χ0) is 17.4. The minimum absolute atomic E-state index is 0.139. The van der Waals surface area contributed by atoms with E-state index >= 15 is 0 Å². The van der Waals surface area contributed by atoms with Crippen molar-refractivity contribution >= 4 is 17.8 Å². The maximum atomic E-state index is 13.2. The second kappa shape index (κ2) is 6.17. The van der Waals surface area contributed by atoms with Crippen LogP contribution in [0, 0.1) is 0 Å². The standard InChI is InChI=1S/C19H23N3O3/c23-16(21-11-5-6-12-21)13-22-17(24)19(20-18(22)25)10-4-3-8-14-7-1-2-9-15(14)19/h1-2,7,9H,3-6,8,10-13H2,(H,20,25). The topological polar surface area (TPSA) is 69.7 Å². The van der Waals surface area contributed by atoms with E-state index in [0.717, 1.165) is 61.2 Å². The number of nitrogens with one attached hydrogen (secondary N) is 1. The van der Waals surface area contributed by atoms with Crippen LogP contribution in [0.4, 0.5) is 4.79 Å². The molecule has 1 N–H and O–H groups in total. The summed E-state index contributed by atoms with van der Waals surface area (Å²) < 4.78 is 0. The molecule has 25 heavy (non-hydrogen) atoms. The maximum Gasteiger partial charge on any atom is 0.325 e. The number of fused-ring (bicyclic) bond motifs is 2. The summed E-state index contributed by atoms with van der Waals surface area (Å²) in [6, 6.07) is 7.39. The molecule has 6 heteroatoms. The third kappa shape index (κ3) is 2.60. The molecule has 0 radical (unpaired) electrons. The van der Waals surface area contributed by atoms with Crippen molar-refractivity contribution in [3.8, 4) is 0 Å². The lowest BCUT2D eigenvalue weighted by Crippen LogP contribution is -2.45. The molecule has 1 unspecified atom stereocenters. The molecule has 4 amide bonds. The fourth-order valence-corrected chi connectivity index (χ4v) is 4.32. The third-order valence-electron chi connectivity index (χ3n) is 5.65. The first kappa shape index (κ1) is 16.1. The number of nitrogens with zero attached hydrogens (tertiary/aromatic N) is 2. The van der Waals surface area contributed by atoms with Gasteiger partial charge in [0.25, 0.3) is 5.91 Å². The van der Waals surface area contributed by atoms with Crippen molar-refractivity contribution in [1.82, 2.24) is 15.1 Å². The summed E-state index contributed by atoms with van der Waals surface area (Å²) in [6.45, 7) is 1.28. The molecule has 0 bridgehead atoms.